The number of nitrogens with one attached hydrogen (secondary N) is 2. The van der Waals surface area contributed by atoms with E-state index in [1.165, 1.54) is 12.3 Å². The molecule has 0 radical (unpaired) electrons. The van der Waals surface area contributed by atoms with Crippen LogP contribution in [0.3, 0.4) is 0 Å². The molecule has 8 heteroatoms. The normalized spacial score (nSPS) is 10.4. The molecule has 29 heavy (non-hydrogen) atoms. The molecule has 8 nitrogen and oxygen atoms in total. The van der Waals surface area contributed by atoms with Crippen molar-refractivity contribution >= 4 is 28.7 Å². The maximum atomic E-state index is 12.0. The monoisotopic (exact) mass is 395 g/mol. The number of ether oxygens (including phenoxy) is 2. The highest BCUT2D eigenvalue weighted by atomic mass is 16.6. The molecular formula is C21H21N3O5. The molecule has 0 saturated carbocycles. The molecule has 0 aliphatic carbocycles. The number of hydrogen-bond donors (Lipinski definition) is 3. The maximum absolute atomic E-state index is 12.0. The third kappa shape index (κ3) is 4.55. The van der Waals surface area contributed by atoms with Crippen molar-refractivity contribution in [2.45, 2.75) is 13.8 Å². The summed E-state index contributed by atoms with van der Waals surface area (Å²) in [7, 11) is 0. The van der Waals surface area contributed by atoms with Crippen molar-refractivity contribution in [1.29, 1.82) is 0 Å². The lowest BCUT2D eigenvalue weighted by molar-refractivity contribution is -0.146. The topological polar surface area (TPSA) is 114 Å². The first-order valence-electron chi connectivity index (χ1n) is 9.12. The summed E-state index contributed by atoms with van der Waals surface area (Å²) < 4.78 is 9.81. The molecule has 0 aliphatic rings. The van der Waals surface area contributed by atoms with Crippen molar-refractivity contribution in [1.82, 2.24) is 9.97 Å². The van der Waals surface area contributed by atoms with Crippen molar-refractivity contribution in [3.63, 3.8) is 0 Å². The molecule has 150 valence electrons. The van der Waals surface area contributed by atoms with Gasteiger partial charge < -0.3 is 24.9 Å². The van der Waals surface area contributed by atoms with Crippen LogP contribution in [-0.4, -0.2) is 40.2 Å². The van der Waals surface area contributed by atoms with Crippen molar-refractivity contribution in [3.8, 4) is 17.1 Å². The van der Waals surface area contributed by atoms with Gasteiger partial charge in [0.2, 0.25) is 0 Å². The van der Waals surface area contributed by atoms with Crippen LogP contribution in [0.25, 0.3) is 22.4 Å². The second kappa shape index (κ2) is 8.92. The number of phenols is 1. The van der Waals surface area contributed by atoms with Gasteiger partial charge in [0, 0.05) is 11.9 Å². The average Bonchev–Trinajstić information content (AvgIpc) is 3.13. The lowest BCUT2D eigenvalue weighted by Gasteiger charge is -2.09. The molecule has 0 unspecified atom stereocenters. The third-order valence-electron chi connectivity index (χ3n) is 4.01. The summed E-state index contributed by atoms with van der Waals surface area (Å²) in [6, 6.07) is 12.3. The van der Waals surface area contributed by atoms with E-state index in [0.29, 0.717) is 17.1 Å². The van der Waals surface area contributed by atoms with Gasteiger partial charge in [-0.05, 0) is 44.2 Å². The zero-order chi connectivity index (χ0) is 20.8. The molecule has 0 spiro atoms. The number of carbonyl (C=O) groups excluding carboxylic acids is 2. The summed E-state index contributed by atoms with van der Waals surface area (Å²) >= 11 is 0. The number of phenolic OH excluding ortho intramolecular Hbond substituents is 1. The zero-order valence-electron chi connectivity index (χ0n) is 16.1. The van der Waals surface area contributed by atoms with Gasteiger partial charge in [0.15, 0.2) is 5.57 Å². The summed E-state index contributed by atoms with van der Waals surface area (Å²) in [5, 5.41) is 13.1. The van der Waals surface area contributed by atoms with Crippen molar-refractivity contribution in [2.75, 3.05) is 18.5 Å². The van der Waals surface area contributed by atoms with E-state index in [-0.39, 0.29) is 24.5 Å². The number of benzene rings is 2. The predicted molar refractivity (Wildman–Crippen MR) is 108 cm³/mol. The van der Waals surface area contributed by atoms with Gasteiger partial charge in [-0.15, -0.1) is 0 Å². The molecule has 0 fully saturated rings. The van der Waals surface area contributed by atoms with Crippen LogP contribution in [0.2, 0.25) is 0 Å². The number of para-hydroxylation sites is 2. The highest BCUT2D eigenvalue weighted by molar-refractivity contribution is 6.14. The minimum Gasteiger partial charge on any atom is -0.507 e. The molecule has 0 atom stereocenters. The average molecular weight is 395 g/mol. The lowest BCUT2D eigenvalue weighted by Crippen LogP contribution is -2.19. The number of nitrogens with zero attached hydrogens (tertiary/aromatic N) is 1. The third-order valence-corrected chi connectivity index (χ3v) is 4.01. The Balaban J connectivity index is 1.90. The molecule has 3 rings (SSSR count). The Morgan fingerprint density at radius 1 is 1.10 bits per heavy atom. The van der Waals surface area contributed by atoms with E-state index in [1.807, 2.05) is 24.3 Å². The fourth-order valence-corrected chi connectivity index (χ4v) is 2.67. The first-order chi connectivity index (χ1) is 14.0. The molecule has 0 bridgehead atoms. The zero-order valence-corrected chi connectivity index (χ0v) is 16.1. The van der Waals surface area contributed by atoms with E-state index in [4.69, 9.17) is 9.47 Å². The van der Waals surface area contributed by atoms with Gasteiger partial charge in [-0.1, -0.05) is 12.1 Å². The Labute approximate surface area is 167 Å². The van der Waals surface area contributed by atoms with Gasteiger partial charge in [-0.3, -0.25) is 0 Å². The number of H-pyrrole nitrogens is 1. The number of hydrogen-bond acceptors (Lipinski definition) is 7. The van der Waals surface area contributed by atoms with E-state index in [9.17, 15) is 14.7 Å². The Kier molecular flexibility index (Phi) is 6.13. The first kappa shape index (κ1) is 19.9. The minimum atomic E-state index is -0.783. The van der Waals surface area contributed by atoms with Crippen molar-refractivity contribution in [3.05, 3.63) is 54.2 Å². The molecule has 0 amide bonds. The quantitative estimate of drug-likeness (QED) is 0.185. The van der Waals surface area contributed by atoms with Gasteiger partial charge in [0.25, 0.3) is 0 Å². The fraction of sp³-hybridized carbons (Fsp3) is 0.190. The number of imidazole rings is 1. The fourth-order valence-electron chi connectivity index (χ4n) is 2.67. The maximum Gasteiger partial charge on any atom is 0.347 e. The largest absolute Gasteiger partial charge is 0.507 e. The molecule has 3 aromatic rings. The van der Waals surface area contributed by atoms with E-state index in [0.717, 1.165) is 11.0 Å². The van der Waals surface area contributed by atoms with Gasteiger partial charge in [-0.25, -0.2) is 14.6 Å². The number of carbonyl (C=O) groups is 2. The highest BCUT2D eigenvalue weighted by Crippen LogP contribution is 2.31. The van der Waals surface area contributed by atoms with Crippen LogP contribution in [0.15, 0.2) is 54.2 Å². The van der Waals surface area contributed by atoms with Gasteiger partial charge in [0.05, 0.1) is 29.8 Å². The number of aromatic amines is 1. The molecule has 0 saturated heterocycles. The Morgan fingerprint density at radius 3 is 2.45 bits per heavy atom. The molecule has 0 aliphatic heterocycles. The number of rotatable bonds is 7. The van der Waals surface area contributed by atoms with Crippen LogP contribution >= 0.6 is 0 Å². The lowest BCUT2D eigenvalue weighted by atomic mass is 10.1. The second-order valence-corrected chi connectivity index (χ2v) is 5.98. The van der Waals surface area contributed by atoms with Crippen LogP contribution < -0.4 is 5.32 Å². The highest BCUT2D eigenvalue weighted by Gasteiger charge is 2.21. The molecule has 2 aromatic carbocycles. The van der Waals surface area contributed by atoms with Gasteiger partial charge in [0.1, 0.15) is 11.6 Å². The molecule has 3 N–H and O–H groups in total. The van der Waals surface area contributed by atoms with Crippen LogP contribution in [0.1, 0.15) is 13.8 Å². The number of aromatic nitrogens is 2. The molecule has 1 heterocycles. The predicted octanol–water partition coefficient (Wildman–Crippen LogP) is 3.36. The van der Waals surface area contributed by atoms with E-state index in [2.05, 4.69) is 15.3 Å². The minimum absolute atomic E-state index is 0.0367. The SMILES string of the molecule is CCOC(=O)C(=CNc1ccc(O)c(-c2nc3ccccc3[nH]2)c1)C(=O)OCC. The molecule has 1 aromatic heterocycles. The summed E-state index contributed by atoms with van der Waals surface area (Å²) in [6.45, 7) is 3.55. The number of fused-ring (bicyclic) bond motifs is 1. The summed E-state index contributed by atoms with van der Waals surface area (Å²) in [5.74, 6) is -1.04. The standard InChI is InChI=1S/C21H21N3O5/c1-3-28-20(26)15(21(27)29-4-2)12-22-13-9-10-18(25)14(11-13)19-23-16-7-5-6-8-17(16)24-19/h5-12,22,25H,3-4H2,1-2H3,(H,23,24). The van der Waals surface area contributed by atoms with Crippen molar-refractivity contribution < 1.29 is 24.2 Å². The Morgan fingerprint density at radius 2 is 1.79 bits per heavy atom. The molecular weight excluding hydrogens is 374 g/mol. The second-order valence-electron chi connectivity index (χ2n) is 5.98. The Hall–Kier alpha value is -3.81. The van der Waals surface area contributed by atoms with Crippen LogP contribution in [0.5, 0.6) is 5.75 Å². The first-order valence-corrected chi connectivity index (χ1v) is 9.12. The van der Waals surface area contributed by atoms with E-state index in [1.54, 1.807) is 26.0 Å². The summed E-state index contributed by atoms with van der Waals surface area (Å²) in [6.07, 6.45) is 1.23. The number of esters is 2. The van der Waals surface area contributed by atoms with Crippen LogP contribution in [0.4, 0.5) is 5.69 Å². The van der Waals surface area contributed by atoms with Gasteiger partial charge >= 0.3 is 11.9 Å². The summed E-state index contributed by atoms with van der Waals surface area (Å²) in [4.78, 5) is 31.7. The van der Waals surface area contributed by atoms with Gasteiger partial charge in [-0.2, -0.15) is 0 Å². The Bertz CT molecular complexity index is 1020. The smallest absolute Gasteiger partial charge is 0.347 e. The van der Waals surface area contributed by atoms with Crippen LogP contribution in [-0.2, 0) is 19.1 Å². The number of anilines is 1. The number of aromatic hydroxyl groups is 1. The van der Waals surface area contributed by atoms with Crippen LogP contribution in [0, 0.1) is 0 Å². The van der Waals surface area contributed by atoms with E-state index < -0.39 is 11.9 Å². The summed E-state index contributed by atoms with van der Waals surface area (Å²) in [5.41, 5.74) is 2.35. The van der Waals surface area contributed by atoms with Crippen molar-refractivity contribution in [2.24, 2.45) is 0 Å². The van der Waals surface area contributed by atoms with E-state index >= 15 is 0 Å².